The first kappa shape index (κ1) is 16.9. The molecule has 1 aromatic carbocycles. The highest BCUT2D eigenvalue weighted by molar-refractivity contribution is 7.11. The third kappa shape index (κ3) is 4.79. The molecule has 0 unspecified atom stereocenters. The molecule has 2 heterocycles. The molecule has 0 aliphatic carbocycles. The molecule has 0 spiro atoms. The zero-order chi connectivity index (χ0) is 16.8. The van der Waals surface area contributed by atoms with Crippen molar-refractivity contribution in [1.82, 2.24) is 15.6 Å². The molecular formula is C18H23N3O2S. The van der Waals surface area contributed by atoms with Crippen molar-refractivity contribution in [3.05, 3.63) is 52.0 Å². The smallest absolute Gasteiger partial charge is 0.315 e. The second kappa shape index (κ2) is 8.26. The van der Waals surface area contributed by atoms with Crippen molar-refractivity contribution >= 4 is 17.4 Å². The van der Waals surface area contributed by atoms with E-state index in [1.807, 2.05) is 31.3 Å². The summed E-state index contributed by atoms with van der Waals surface area (Å²) >= 11 is 1.67. The number of hydrogen-bond acceptors (Lipinski definition) is 4. The summed E-state index contributed by atoms with van der Waals surface area (Å²) in [6, 6.07) is 10.2. The molecule has 6 heteroatoms. The van der Waals surface area contributed by atoms with Crippen LogP contribution in [0, 0.1) is 6.92 Å². The van der Waals surface area contributed by atoms with Crippen LogP contribution in [0.1, 0.15) is 34.4 Å². The molecular weight excluding hydrogens is 322 g/mol. The summed E-state index contributed by atoms with van der Waals surface area (Å²) in [4.78, 5) is 17.6. The molecule has 2 amide bonds. The summed E-state index contributed by atoms with van der Waals surface area (Å²) in [5.41, 5.74) is 1.17. The number of benzene rings is 1. The van der Waals surface area contributed by atoms with Gasteiger partial charge in [-0.3, -0.25) is 0 Å². The predicted molar refractivity (Wildman–Crippen MR) is 95.2 cm³/mol. The molecule has 2 N–H and O–H groups in total. The zero-order valence-electron chi connectivity index (χ0n) is 13.8. The summed E-state index contributed by atoms with van der Waals surface area (Å²) in [5.74, 6) is 0. The number of thiazole rings is 1. The maximum absolute atomic E-state index is 12.1. The monoisotopic (exact) mass is 345 g/mol. The van der Waals surface area contributed by atoms with E-state index in [0.717, 1.165) is 24.3 Å². The molecule has 1 saturated heterocycles. The second-order valence-corrected chi connectivity index (χ2v) is 7.33. The number of urea groups is 1. The molecule has 5 nitrogen and oxygen atoms in total. The number of aromatic nitrogens is 1. The number of nitrogens with zero attached hydrogens (tertiary/aromatic N) is 1. The van der Waals surface area contributed by atoms with E-state index in [0.29, 0.717) is 13.2 Å². The Morgan fingerprint density at radius 2 is 2.21 bits per heavy atom. The molecule has 1 aromatic heterocycles. The summed E-state index contributed by atoms with van der Waals surface area (Å²) in [6.45, 7) is 3.31. The highest BCUT2D eigenvalue weighted by Gasteiger charge is 2.24. The Morgan fingerprint density at radius 1 is 1.38 bits per heavy atom. The van der Waals surface area contributed by atoms with Crippen LogP contribution in [0.2, 0.25) is 0 Å². The van der Waals surface area contributed by atoms with Gasteiger partial charge in [-0.2, -0.15) is 0 Å². The number of rotatable bonds is 5. The molecule has 2 aromatic rings. The van der Waals surface area contributed by atoms with Crippen molar-refractivity contribution in [2.45, 2.75) is 38.3 Å². The van der Waals surface area contributed by atoms with Gasteiger partial charge in [0.2, 0.25) is 0 Å². The average Bonchev–Trinajstić information content (AvgIpc) is 3.01. The normalized spacial score (nSPS) is 20.5. The minimum absolute atomic E-state index is 0.0588. The van der Waals surface area contributed by atoms with E-state index < -0.39 is 0 Å². The lowest BCUT2D eigenvalue weighted by Gasteiger charge is -2.30. The molecule has 1 aliphatic rings. The molecule has 0 saturated carbocycles. The van der Waals surface area contributed by atoms with Gasteiger partial charge in [-0.15, -0.1) is 11.3 Å². The van der Waals surface area contributed by atoms with Gasteiger partial charge in [-0.05, 0) is 25.3 Å². The maximum atomic E-state index is 12.1. The molecule has 2 atom stereocenters. The first-order chi connectivity index (χ1) is 11.7. The predicted octanol–water partition coefficient (Wildman–Crippen LogP) is 3.21. The topological polar surface area (TPSA) is 63.2 Å². The number of hydrogen-bond donors (Lipinski definition) is 2. The van der Waals surface area contributed by atoms with Crippen molar-refractivity contribution in [2.75, 3.05) is 13.2 Å². The van der Waals surface area contributed by atoms with Crippen LogP contribution in [0.4, 0.5) is 4.79 Å². The highest BCUT2D eigenvalue weighted by Crippen LogP contribution is 2.27. The van der Waals surface area contributed by atoms with Gasteiger partial charge in [-0.1, -0.05) is 30.3 Å². The minimum Gasteiger partial charge on any atom is -0.373 e. The van der Waals surface area contributed by atoms with Crippen LogP contribution in [-0.2, 0) is 11.2 Å². The zero-order valence-corrected chi connectivity index (χ0v) is 14.6. The van der Waals surface area contributed by atoms with E-state index in [9.17, 15) is 4.79 Å². The number of nitrogens with one attached hydrogen (secondary N) is 2. The Balaban J connectivity index is 1.42. The number of ether oxygens (including phenoxy) is 1. The summed E-state index contributed by atoms with van der Waals surface area (Å²) in [7, 11) is 0. The van der Waals surface area contributed by atoms with E-state index in [-0.39, 0.29) is 18.2 Å². The van der Waals surface area contributed by atoms with Crippen LogP contribution in [0.25, 0.3) is 0 Å². The third-order valence-electron chi connectivity index (χ3n) is 4.08. The lowest BCUT2D eigenvalue weighted by molar-refractivity contribution is 0.00227. The van der Waals surface area contributed by atoms with Gasteiger partial charge in [0.25, 0.3) is 0 Å². The van der Waals surface area contributed by atoms with Crippen molar-refractivity contribution in [3.63, 3.8) is 0 Å². The largest absolute Gasteiger partial charge is 0.373 e. The van der Waals surface area contributed by atoms with Gasteiger partial charge >= 0.3 is 6.03 Å². The van der Waals surface area contributed by atoms with E-state index in [1.165, 1.54) is 10.4 Å². The third-order valence-corrected chi connectivity index (χ3v) is 5.06. The number of carbonyl (C=O) groups excluding carboxylic acids is 1. The highest BCUT2D eigenvalue weighted by atomic mass is 32.1. The average molecular weight is 345 g/mol. The molecule has 24 heavy (non-hydrogen) atoms. The van der Waals surface area contributed by atoms with Gasteiger partial charge in [0.05, 0.1) is 11.1 Å². The number of carbonyl (C=O) groups is 1. The Kier molecular flexibility index (Phi) is 5.82. The first-order valence-electron chi connectivity index (χ1n) is 8.33. The molecule has 0 bridgehead atoms. The fourth-order valence-corrected chi connectivity index (χ4v) is 3.65. The first-order valence-corrected chi connectivity index (χ1v) is 9.14. The van der Waals surface area contributed by atoms with Gasteiger partial charge in [0, 0.05) is 36.7 Å². The van der Waals surface area contributed by atoms with Crippen LogP contribution in [0.3, 0.4) is 0 Å². The van der Waals surface area contributed by atoms with Gasteiger partial charge in [-0.25, -0.2) is 9.78 Å². The lowest BCUT2D eigenvalue weighted by atomic mass is 9.97. The van der Waals surface area contributed by atoms with Crippen LogP contribution in [0.15, 0.2) is 36.5 Å². The van der Waals surface area contributed by atoms with Crippen LogP contribution < -0.4 is 10.6 Å². The van der Waals surface area contributed by atoms with Gasteiger partial charge < -0.3 is 15.4 Å². The summed E-state index contributed by atoms with van der Waals surface area (Å²) < 4.78 is 5.84. The van der Waals surface area contributed by atoms with Crippen LogP contribution >= 0.6 is 11.3 Å². The standard InChI is InChI=1S/C18H23N3O2S/c1-13-12-20-17(24-13)7-9-19-18(22)21-15-8-10-23-16(11-15)14-5-3-2-4-6-14/h2-6,12,15-16H,7-11H2,1H3,(H2,19,21,22)/t15-,16+/m0/s1. The van der Waals surface area contributed by atoms with Crippen molar-refractivity contribution in [2.24, 2.45) is 0 Å². The number of aryl methyl sites for hydroxylation is 1. The lowest BCUT2D eigenvalue weighted by Crippen LogP contribution is -2.45. The van der Waals surface area contributed by atoms with Crippen molar-refractivity contribution in [1.29, 1.82) is 0 Å². The maximum Gasteiger partial charge on any atom is 0.315 e. The van der Waals surface area contributed by atoms with Crippen LogP contribution in [0.5, 0.6) is 0 Å². The van der Waals surface area contributed by atoms with E-state index in [4.69, 9.17) is 4.74 Å². The van der Waals surface area contributed by atoms with E-state index in [2.05, 4.69) is 27.8 Å². The van der Waals surface area contributed by atoms with E-state index >= 15 is 0 Å². The molecule has 0 radical (unpaired) electrons. The van der Waals surface area contributed by atoms with Crippen molar-refractivity contribution in [3.8, 4) is 0 Å². The molecule has 128 valence electrons. The minimum atomic E-state index is -0.109. The summed E-state index contributed by atoms with van der Waals surface area (Å²) in [5, 5.41) is 7.04. The van der Waals surface area contributed by atoms with Crippen molar-refractivity contribution < 1.29 is 9.53 Å². The number of amides is 2. The Labute approximate surface area is 146 Å². The Bertz CT molecular complexity index is 659. The second-order valence-electron chi connectivity index (χ2n) is 6.01. The Morgan fingerprint density at radius 3 is 2.96 bits per heavy atom. The fourth-order valence-electron chi connectivity index (χ4n) is 2.86. The Hall–Kier alpha value is -1.92. The molecule has 3 rings (SSSR count). The molecule has 1 aliphatic heterocycles. The SMILES string of the molecule is Cc1cnc(CCNC(=O)N[C@H]2CCO[C@@H](c3ccccc3)C2)s1. The van der Waals surface area contributed by atoms with Crippen LogP contribution in [-0.4, -0.2) is 30.2 Å². The fraction of sp³-hybridized carbons (Fsp3) is 0.444. The quantitative estimate of drug-likeness (QED) is 0.875. The summed E-state index contributed by atoms with van der Waals surface area (Å²) in [6.07, 6.45) is 4.35. The van der Waals surface area contributed by atoms with Gasteiger partial charge in [0.1, 0.15) is 0 Å². The molecule has 1 fully saturated rings. The van der Waals surface area contributed by atoms with E-state index in [1.54, 1.807) is 11.3 Å². The van der Waals surface area contributed by atoms with Gasteiger partial charge in [0.15, 0.2) is 0 Å².